The van der Waals surface area contributed by atoms with Crippen LogP contribution < -0.4 is 10.5 Å². The average molecular weight is 386 g/mol. The Balaban J connectivity index is 2.29. The zero-order valence-electron chi connectivity index (χ0n) is 10.6. The summed E-state index contributed by atoms with van der Waals surface area (Å²) in [5.74, 6) is 0. The summed E-state index contributed by atoms with van der Waals surface area (Å²) >= 11 is 19.1. The SMILES string of the molecule is NCc1cc(Cl)cc(S(=O)(=O)NCc2ccc(Cl)s2)c1Cl. The lowest BCUT2D eigenvalue weighted by Gasteiger charge is -2.11. The van der Waals surface area contributed by atoms with Crippen LogP contribution in [0.4, 0.5) is 0 Å². The molecule has 4 nitrogen and oxygen atoms in total. The van der Waals surface area contributed by atoms with E-state index >= 15 is 0 Å². The van der Waals surface area contributed by atoms with Gasteiger partial charge in [-0.2, -0.15) is 0 Å². The molecule has 0 saturated carbocycles. The van der Waals surface area contributed by atoms with Gasteiger partial charge in [-0.1, -0.05) is 34.8 Å². The van der Waals surface area contributed by atoms with Crippen molar-refractivity contribution in [3.63, 3.8) is 0 Å². The molecular formula is C12H11Cl3N2O2S2. The number of thiophene rings is 1. The lowest BCUT2D eigenvalue weighted by atomic mass is 10.2. The molecule has 0 aliphatic carbocycles. The third-order valence-corrected chi connectivity index (χ3v) is 6.09. The van der Waals surface area contributed by atoms with Crippen molar-refractivity contribution in [2.45, 2.75) is 18.0 Å². The number of halogens is 3. The fraction of sp³-hybridized carbons (Fsp3) is 0.167. The Labute approximate surface area is 141 Å². The highest BCUT2D eigenvalue weighted by Crippen LogP contribution is 2.29. The van der Waals surface area contributed by atoms with Gasteiger partial charge in [-0.05, 0) is 29.8 Å². The van der Waals surface area contributed by atoms with Crippen LogP contribution in [0.15, 0.2) is 29.2 Å². The lowest BCUT2D eigenvalue weighted by molar-refractivity contribution is 0.581. The van der Waals surface area contributed by atoms with E-state index in [0.29, 0.717) is 9.90 Å². The van der Waals surface area contributed by atoms with Gasteiger partial charge in [0, 0.05) is 23.0 Å². The van der Waals surface area contributed by atoms with Crippen LogP contribution in [0.2, 0.25) is 14.4 Å². The second-order valence-electron chi connectivity index (χ2n) is 4.11. The molecule has 114 valence electrons. The number of nitrogens with one attached hydrogen (secondary N) is 1. The second kappa shape index (κ2) is 6.83. The predicted octanol–water partition coefficient (Wildman–Crippen LogP) is 3.65. The first-order valence-electron chi connectivity index (χ1n) is 5.75. The summed E-state index contributed by atoms with van der Waals surface area (Å²) in [6.07, 6.45) is 0. The van der Waals surface area contributed by atoms with Crippen LogP contribution in [0.5, 0.6) is 0 Å². The van der Waals surface area contributed by atoms with E-state index < -0.39 is 10.0 Å². The van der Waals surface area contributed by atoms with Crippen molar-refractivity contribution < 1.29 is 8.42 Å². The molecule has 0 amide bonds. The van der Waals surface area contributed by atoms with Gasteiger partial charge in [0.1, 0.15) is 4.90 Å². The Morgan fingerprint density at radius 3 is 2.48 bits per heavy atom. The summed E-state index contributed by atoms with van der Waals surface area (Å²) in [7, 11) is -3.79. The molecule has 0 unspecified atom stereocenters. The molecule has 9 heteroatoms. The van der Waals surface area contributed by atoms with Gasteiger partial charge in [0.25, 0.3) is 0 Å². The summed E-state index contributed by atoms with van der Waals surface area (Å²) in [6, 6.07) is 6.30. The van der Waals surface area contributed by atoms with Gasteiger partial charge in [0.15, 0.2) is 0 Å². The molecule has 21 heavy (non-hydrogen) atoms. The second-order valence-corrected chi connectivity index (χ2v) is 8.46. The van der Waals surface area contributed by atoms with E-state index in [2.05, 4.69) is 4.72 Å². The average Bonchev–Trinajstić information content (AvgIpc) is 2.84. The molecule has 0 radical (unpaired) electrons. The Hall–Kier alpha value is -0.340. The molecule has 0 aliphatic heterocycles. The number of nitrogens with two attached hydrogens (primary N) is 1. The predicted molar refractivity (Wildman–Crippen MR) is 87.7 cm³/mol. The number of sulfonamides is 1. The van der Waals surface area contributed by atoms with Gasteiger partial charge in [-0.25, -0.2) is 13.1 Å². The van der Waals surface area contributed by atoms with E-state index in [1.807, 2.05) is 0 Å². The number of rotatable bonds is 5. The highest BCUT2D eigenvalue weighted by atomic mass is 35.5. The lowest BCUT2D eigenvalue weighted by Crippen LogP contribution is -2.23. The van der Waals surface area contributed by atoms with Crippen molar-refractivity contribution in [2.75, 3.05) is 0 Å². The molecule has 1 aromatic heterocycles. The number of hydrogen-bond acceptors (Lipinski definition) is 4. The molecule has 0 atom stereocenters. The summed E-state index contributed by atoms with van der Waals surface area (Å²) in [4.78, 5) is 0.709. The molecule has 0 saturated heterocycles. The zero-order valence-corrected chi connectivity index (χ0v) is 14.5. The normalized spacial score (nSPS) is 11.8. The topological polar surface area (TPSA) is 72.2 Å². The van der Waals surface area contributed by atoms with E-state index in [4.69, 9.17) is 40.5 Å². The molecule has 0 spiro atoms. The maximum atomic E-state index is 12.3. The van der Waals surface area contributed by atoms with Crippen molar-refractivity contribution >= 4 is 56.2 Å². The Morgan fingerprint density at radius 1 is 1.19 bits per heavy atom. The molecule has 1 heterocycles. The van der Waals surface area contributed by atoms with E-state index in [-0.39, 0.29) is 28.0 Å². The Bertz CT molecular complexity index is 760. The highest BCUT2D eigenvalue weighted by molar-refractivity contribution is 7.89. The van der Waals surface area contributed by atoms with Crippen LogP contribution in [0.3, 0.4) is 0 Å². The van der Waals surface area contributed by atoms with E-state index in [9.17, 15) is 8.42 Å². The quantitative estimate of drug-likeness (QED) is 0.825. The van der Waals surface area contributed by atoms with Crippen LogP contribution >= 0.6 is 46.1 Å². The third-order valence-electron chi connectivity index (χ3n) is 2.65. The summed E-state index contributed by atoms with van der Waals surface area (Å²) in [5.41, 5.74) is 6.00. The van der Waals surface area contributed by atoms with E-state index in [0.717, 1.165) is 4.88 Å². The van der Waals surface area contributed by atoms with Gasteiger partial charge in [-0.15, -0.1) is 11.3 Å². The van der Waals surface area contributed by atoms with Crippen molar-refractivity contribution in [3.8, 4) is 0 Å². The molecule has 1 aromatic carbocycles. The minimum Gasteiger partial charge on any atom is -0.326 e. The van der Waals surface area contributed by atoms with Crippen LogP contribution in [0.1, 0.15) is 10.4 Å². The molecular weight excluding hydrogens is 375 g/mol. The van der Waals surface area contributed by atoms with Crippen molar-refractivity contribution in [1.82, 2.24) is 4.72 Å². The van der Waals surface area contributed by atoms with Gasteiger partial charge in [0.2, 0.25) is 10.0 Å². The first-order valence-corrected chi connectivity index (χ1v) is 9.18. The fourth-order valence-corrected chi connectivity index (χ4v) is 4.72. The highest BCUT2D eigenvalue weighted by Gasteiger charge is 2.21. The standard InChI is InChI=1S/C12H11Cl3N2O2S2/c13-8-3-7(5-16)12(15)10(4-8)21(18,19)17-6-9-1-2-11(14)20-9/h1-4,17H,5-6,16H2. The van der Waals surface area contributed by atoms with Gasteiger partial charge in [-0.3, -0.25) is 0 Å². The van der Waals surface area contributed by atoms with Crippen LogP contribution in [-0.4, -0.2) is 8.42 Å². The smallest absolute Gasteiger partial charge is 0.242 e. The molecule has 0 fully saturated rings. The van der Waals surface area contributed by atoms with Crippen molar-refractivity contribution in [3.05, 3.63) is 49.1 Å². The third kappa shape index (κ3) is 4.10. The monoisotopic (exact) mass is 384 g/mol. The Morgan fingerprint density at radius 2 is 1.90 bits per heavy atom. The van der Waals surface area contributed by atoms with Gasteiger partial charge in [0.05, 0.1) is 9.36 Å². The van der Waals surface area contributed by atoms with Crippen LogP contribution in [0, 0.1) is 0 Å². The minimum absolute atomic E-state index is 0.0820. The zero-order chi connectivity index (χ0) is 15.6. The molecule has 0 bridgehead atoms. The minimum atomic E-state index is -3.79. The molecule has 0 aliphatic rings. The van der Waals surface area contributed by atoms with Crippen molar-refractivity contribution in [1.29, 1.82) is 0 Å². The summed E-state index contributed by atoms with van der Waals surface area (Å²) in [6.45, 7) is 0.225. The molecule has 3 N–H and O–H groups in total. The van der Waals surface area contributed by atoms with Crippen molar-refractivity contribution in [2.24, 2.45) is 5.73 Å². The van der Waals surface area contributed by atoms with E-state index in [1.165, 1.54) is 17.4 Å². The fourth-order valence-electron chi connectivity index (χ4n) is 1.65. The number of hydrogen-bond donors (Lipinski definition) is 2. The van der Waals surface area contributed by atoms with E-state index in [1.54, 1.807) is 18.2 Å². The first kappa shape index (κ1) is 17.0. The van der Waals surface area contributed by atoms with Gasteiger partial charge < -0.3 is 5.73 Å². The molecule has 2 rings (SSSR count). The largest absolute Gasteiger partial charge is 0.326 e. The van der Waals surface area contributed by atoms with Crippen LogP contribution in [0.25, 0.3) is 0 Å². The maximum absolute atomic E-state index is 12.3. The number of benzene rings is 1. The summed E-state index contributed by atoms with van der Waals surface area (Å²) in [5, 5.41) is 0.345. The Kier molecular flexibility index (Phi) is 5.54. The maximum Gasteiger partial charge on any atom is 0.242 e. The van der Waals surface area contributed by atoms with Gasteiger partial charge >= 0.3 is 0 Å². The summed E-state index contributed by atoms with van der Waals surface area (Å²) < 4.78 is 27.7. The molecule has 2 aromatic rings. The first-order chi connectivity index (χ1) is 9.83. The van der Waals surface area contributed by atoms with Crippen LogP contribution in [-0.2, 0) is 23.1 Å².